The third-order valence-electron chi connectivity index (χ3n) is 3.99. The summed E-state index contributed by atoms with van der Waals surface area (Å²) in [6.45, 7) is 3.78. The van der Waals surface area contributed by atoms with E-state index < -0.39 is 0 Å². The molecule has 1 aromatic heterocycles. The van der Waals surface area contributed by atoms with Crippen molar-refractivity contribution in [3.63, 3.8) is 0 Å². The summed E-state index contributed by atoms with van der Waals surface area (Å²) in [5, 5.41) is 7.35. The third kappa shape index (κ3) is 3.46. The molecule has 0 aliphatic carbocycles. The van der Waals surface area contributed by atoms with Crippen molar-refractivity contribution in [3.8, 4) is 0 Å². The molecular formula is C16H20ClN5O2. The van der Waals surface area contributed by atoms with Crippen LogP contribution in [0.5, 0.6) is 0 Å². The van der Waals surface area contributed by atoms with Crippen LogP contribution in [0, 0.1) is 0 Å². The van der Waals surface area contributed by atoms with E-state index in [2.05, 4.69) is 20.4 Å². The first kappa shape index (κ1) is 16.6. The van der Waals surface area contributed by atoms with E-state index in [4.69, 9.17) is 16.1 Å². The standard InChI is InChI=1S/C16H20ClN5O2/c1-3-14-19-15(24-20-14)6-7-18-16(23)22-9-8-21(2)12-5-4-11(17)10-13(12)22/h4-5,10H,3,6-9H2,1-2H3,(H,18,23). The molecule has 7 nitrogen and oxygen atoms in total. The van der Waals surface area contributed by atoms with Crippen molar-refractivity contribution in [3.05, 3.63) is 34.9 Å². The van der Waals surface area contributed by atoms with Crippen LogP contribution in [0.15, 0.2) is 22.7 Å². The molecule has 3 rings (SSSR count). The monoisotopic (exact) mass is 349 g/mol. The van der Waals surface area contributed by atoms with Crippen LogP contribution >= 0.6 is 11.6 Å². The van der Waals surface area contributed by atoms with Gasteiger partial charge in [0.1, 0.15) is 0 Å². The molecule has 0 spiro atoms. The molecular weight excluding hydrogens is 330 g/mol. The maximum absolute atomic E-state index is 12.5. The van der Waals surface area contributed by atoms with Gasteiger partial charge in [0.05, 0.1) is 11.4 Å². The number of halogens is 1. The van der Waals surface area contributed by atoms with Gasteiger partial charge in [-0.2, -0.15) is 4.98 Å². The van der Waals surface area contributed by atoms with Crippen LogP contribution < -0.4 is 15.1 Å². The molecule has 2 amide bonds. The highest BCUT2D eigenvalue weighted by atomic mass is 35.5. The molecule has 0 fully saturated rings. The smallest absolute Gasteiger partial charge is 0.322 e. The number of carbonyl (C=O) groups excluding carboxylic acids is 1. The number of rotatable bonds is 4. The number of hydrogen-bond donors (Lipinski definition) is 1. The van der Waals surface area contributed by atoms with Crippen LogP contribution in [0.25, 0.3) is 0 Å². The zero-order valence-corrected chi connectivity index (χ0v) is 14.5. The fourth-order valence-electron chi connectivity index (χ4n) is 2.64. The first-order valence-electron chi connectivity index (χ1n) is 7.96. The van der Waals surface area contributed by atoms with E-state index in [0.29, 0.717) is 36.2 Å². The highest BCUT2D eigenvalue weighted by Gasteiger charge is 2.25. The number of fused-ring (bicyclic) bond motifs is 1. The molecule has 1 aromatic carbocycles. The summed E-state index contributed by atoms with van der Waals surface area (Å²) in [5.74, 6) is 1.22. The Morgan fingerprint density at radius 1 is 1.38 bits per heavy atom. The minimum absolute atomic E-state index is 0.151. The summed E-state index contributed by atoms with van der Waals surface area (Å²) in [6, 6.07) is 5.43. The van der Waals surface area contributed by atoms with Gasteiger partial charge < -0.3 is 14.7 Å². The van der Waals surface area contributed by atoms with Gasteiger partial charge in [0.2, 0.25) is 5.89 Å². The first-order chi connectivity index (χ1) is 11.6. The Morgan fingerprint density at radius 2 is 2.21 bits per heavy atom. The predicted molar refractivity (Wildman–Crippen MR) is 92.8 cm³/mol. The van der Waals surface area contributed by atoms with E-state index in [0.717, 1.165) is 24.3 Å². The molecule has 24 heavy (non-hydrogen) atoms. The van der Waals surface area contributed by atoms with Crippen molar-refractivity contribution in [1.82, 2.24) is 15.5 Å². The Labute approximate surface area is 145 Å². The van der Waals surface area contributed by atoms with E-state index in [1.807, 2.05) is 32.2 Å². The maximum Gasteiger partial charge on any atom is 0.322 e. The SMILES string of the molecule is CCc1noc(CCNC(=O)N2CCN(C)c3ccc(Cl)cc32)n1. The largest absolute Gasteiger partial charge is 0.371 e. The Kier molecular flexibility index (Phi) is 4.89. The second kappa shape index (κ2) is 7.09. The number of amides is 2. The minimum Gasteiger partial charge on any atom is -0.371 e. The van der Waals surface area contributed by atoms with Crippen molar-refractivity contribution in [2.24, 2.45) is 0 Å². The number of likely N-dealkylation sites (N-methyl/N-ethyl adjacent to an activating group) is 1. The van der Waals surface area contributed by atoms with Gasteiger partial charge in [0.15, 0.2) is 5.82 Å². The minimum atomic E-state index is -0.151. The van der Waals surface area contributed by atoms with Gasteiger partial charge >= 0.3 is 6.03 Å². The summed E-state index contributed by atoms with van der Waals surface area (Å²) in [5.41, 5.74) is 1.81. The highest BCUT2D eigenvalue weighted by Crippen LogP contribution is 2.34. The van der Waals surface area contributed by atoms with Crippen LogP contribution in [0.3, 0.4) is 0 Å². The zero-order chi connectivity index (χ0) is 17.1. The topological polar surface area (TPSA) is 74.5 Å². The Bertz CT molecular complexity index is 733. The Balaban J connectivity index is 1.63. The molecule has 8 heteroatoms. The van der Waals surface area contributed by atoms with E-state index in [9.17, 15) is 4.79 Å². The Morgan fingerprint density at radius 3 is 2.96 bits per heavy atom. The highest BCUT2D eigenvalue weighted by molar-refractivity contribution is 6.31. The quantitative estimate of drug-likeness (QED) is 0.917. The number of aromatic nitrogens is 2. The average Bonchev–Trinajstić information content (AvgIpc) is 3.03. The number of anilines is 2. The van der Waals surface area contributed by atoms with Gasteiger partial charge in [-0.3, -0.25) is 4.90 Å². The van der Waals surface area contributed by atoms with Crippen molar-refractivity contribution in [2.45, 2.75) is 19.8 Å². The molecule has 0 unspecified atom stereocenters. The molecule has 2 aromatic rings. The summed E-state index contributed by atoms with van der Waals surface area (Å²) < 4.78 is 5.12. The summed E-state index contributed by atoms with van der Waals surface area (Å²) >= 11 is 6.09. The predicted octanol–water partition coefficient (Wildman–Crippen LogP) is 2.49. The fourth-order valence-corrected chi connectivity index (χ4v) is 2.81. The van der Waals surface area contributed by atoms with Gasteiger partial charge in [0.25, 0.3) is 0 Å². The van der Waals surface area contributed by atoms with E-state index in [-0.39, 0.29) is 6.03 Å². The van der Waals surface area contributed by atoms with Gasteiger partial charge in [-0.05, 0) is 18.2 Å². The van der Waals surface area contributed by atoms with Gasteiger partial charge in [-0.1, -0.05) is 23.7 Å². The van der Waals surface area contributed by atoms with Crippen molar-refractivity contribution >= 4 is 29.0 Å². The van der Waals surface area contributed by atoms with E-state index in [1.54, 1.807) is 4.90 Å². The number of hydrogen-bond acceptors (Lipinski definition) is 5. The number of benzene rings is 1. The number of nitrogens with one attached hydrogen (secondary N) is 1. The van der Waals surface area contributed by atoms with Gasteiger partial charge in [-0.25, -0.2) is 4.79 Å². The molecule has 0 saturated heterocycles. The Hall–Kier alpha value is -2.28. The lowest BCUT2D eigenvalue weighted by Gasteiger charge is -2.35. The fraction of sp³-hybridized carbons (Fsp3) is 0.438. The van der Waals surface area contributed by atoms with Gasteiger partial charge in [-0.15, -0.1) is 0 Å². The van der Waals surface area contributed by atoms with Crippen molar-refractivity contribution in [2.75, 3.05) is 36.5 Å². The second-order valence-corrected chi connectivity index (χ2v) is 6.08. The molecule has 0 saturated carbocycles. The molecule has 128 valence electrons. The molecule has 0 atom stereocenters. The second-order valence-electron chi connectivity index (χ2n) is 5.65. The lowest BCUT2D eigenvalue weighted by Crippen LogP contribution is -2.47. The van der Waals surface area contributed by atoms with Crippen molar-refractivity contribution in [1.29, 1.82) is 0 Å². The maximum atomic E-state index is 12.5. The van der Waals surface area contributed by atoms with Crippen LogP contribution in [0.4, 0.5) is 16.2 Å². The average molecular weight is 350 g/mol. The number of carbonyl (C=O) groups is 1. The van der Waals surface area contributed by atoms with Crippen LogP contribution in [-0.4, -0.2) is 42.9 Å². The molecule has 2 heterocycles. The van der Waals surface area contributed by atoms with Crippen LogP contribution in [0.1, 0.15) is 18.6 Å². The summed E-state index contributed by atoms with van der Waals surface area (Å²) in [6.07, 6.45) is 1.24. The van der Waals surface area contributed by atoms with Gasteiger partial charge in [0, 0.05) is 44.5 Å². The van der Waals surface area contributed by atoms with Crippen LogP contribution in [0.2, 0.25) is 5.02 Å². The molecule has 1 N–H and O–H groups in total. The summed E-state index contributed by atoms with van der Waals surface area (Å²) in [7, 11) is 2.00. The zero-order valence-electron chi connectivity index (χ0n) is 13.8. The first-order valence-corrected chi connectivity index (χ1v) is 8.33. The van der Waals surface area contributed by atoms with E-state index >= 15 is 0 Å². The third-order valence-corrected chi connectivity index (χ3v) is 4.22. The molecule has 0 bridgehead atoms. The number of urea groups is 1. The lowest BCUT2D eigenvalue weighted by molar-refractivity contribution is 0.246. The number of aryl methyl sites for hydroxylation is 1. The summed E-state index contributed by atoms with van der Waals surface area (Å²) in [4.78, 5) is 20.6. The van der Waals surface area contributed by atoms with Crippen LogP contribution in [-0.2, 0) is 12.8 Å². The van der Waals surface area contributed by atoms with Crippen molar-refractivity contribution < 1.29 is 9.32 Å². The number of nitrogens with zero attached hydrogens (tertiary/aromatic N) is 4. The molecule has 0 radical (unpaired) electrons. The lowest BCUT2D eigenvalue weighted by atomic mass is 10.2. The van der Waals surface area contributed by atoms with E-state index in [1.165, 1.54) is 0 Å². The molecule has 1 aliphatic heterocycles. The molecule has 1 aliphatic rings. The normalized spacial score (nSPS) is 13.8.